The molecule has 1 unspecified atom stereocenters. The van der Waals surface area contributed by atoms with Gasteiger partial charge in [0.1, 0.15) is 5.54 Å². The van der Waals surface area contributed by atoms with Crippen molar-refractivity contribution in [1.82, 2.24) is 10.2 Å². The normalized spacial score (nSPS) is 14.3. The number of nitrogens with zero attached hydrogens (tertiary/aromatic N) is 1. The highest BCUT2D eigenvalue weighted by molar-refractivity contribution is 5.80. The highest BCUT2D eigenvalue weighted by Crippen LogP contribution is 2.09. The minimum atomic E-state index is -0.729. The molecule has 0 aromatic rings. The number of carbonyl (C=O) groups excluding carboxylic acids is 1. The van der Waals surface area contributed by atoms with Crippen molar-refractivity contribution < 1.29 is 19.0 Å². The highest BCUT2D eigenvalue weighted by atomic mass is 16.5. The molecule has 1 N–H and O–H groups in total. The highest BCUT2D eigenvalue weighted by Gasteiger charge is 2.34. The quantitative estimate of drug-likeness (QED) is 0.417. The van der Waals surface area contributed by atoms with Crippen LogP contribution in [0.4, 0.5) is 0 Å². The minimum Gasteiger partial charge on any atom is -0.468 e. The van der Waals surface area contributed by atoms with E-state index < -0.39 is 5.54 Å². The van der Waals surface area contributed by atoms with E-state index in [1.165, 1.54) is 7.11 Å². The van der Waals surface area contributed by atoms with E-state index in [0.717, 1.165) is 13.1 Å². The van der Waals surface area contributed by atoms with Crippen LogP contribution < -0.4 is 5.32 Å². The number of likely N-dealkylation sites (N-methyl/N-ethyl adjacent to an activating group) is 1. The molecule has 0 saturated carbocycles. The average molecular weight is 290 g/mol. The summed E-state index contributed by atoms with van der Waals surface area (Å²) in [5.74, 6) is -0.266. The second kappa shape index (κ2) is 11.0. The van der Waals surface area contributed by atoms with Gasteiger partial charge in [0.05, 0.1) is 20.3 Å². The Kier molecular flexibility index (Phi) is 10.6. The van der Waals surface area contributed by atoms with Crippen LogP contribution in [0.25, 0.3) is 0 Å². The van der Waals surface area contributed by atoms with Crippen LogP contribution in [0, 0.1) is 0 Å². The van der Waals surface area contributed by atoms with E-state index in [1.54, 1.807) is 7.05 Å². The van der Waals surface area contributed by atoms with Gasteiger partial charge < -0.3 is 19.5 Å². The topological polar surface area (TPSA) is 60.0 Å². The van der Waals surface area contributed by atoms with E-state index >= 15 is 0 Å². The molecule has 120 valence electrons. The van der Waals surface area contributed by atoms with Gasteiger partial charge in [-0.2, -0.15) is 0 Å². The summed E-state index contributed by atoms with van der Waals surface area (Å²) < 4.78 is 15.6. The minimum absolute atomic E-state index is 0.266. The Morgan fingerprint density at radius 2 is 1.65 bits per heavy atom. The van der Waals surface area contributed by atoms with Crippen molar-refractivity contribution in [3.05, 3.63) is 0 Å². The summed E-state index contributed by atoms with van der Waals surface area (Å²) in [5.41, 5.74) is -0.729. The van der Waals surface area contributed by atoms with E-state index in [0.29, 0.717) is 33.0 Å². The summed E-state index contributed by atoms with van der Waals surface area (Å²) in [7, 11) is 3.17. The van der Waals surface area contributed by atoms with Gasteiger partial charge in [-0.15, -0.1) is 0 Å². The van der Waals surface area contributed by atoms with Crippen molar-refractivity contribution in [1.29, 1.82) is 0 Å². The fraction of sp³-hybridized carbons (Fsp3) is 0.929. The molecule has 1 atom stereocenters. The molecule has 0 amide bonds. The van der Waals surface area contributed by atoms with Gasteiger partial charge in [0, 0.05) is 32.8 Å². The zero-order valence-corrected chi connectivity index (χ0v) is 13.5. The molecule has 0 heterocycles. The number of hydrogen-bond donors (Lipinski definition) is 1. The summed E-state index contributed by atoms with van der Waals surface area (Å²) in [6, 6.07) is 0. The van der Waals surface area contributed by atoms with Crippen LogP contribution in [0.15, 0.2) is 0 Å². The number of hydrogen-bond acceptors (Lipinski definition) is 6. The lowest BCUT2D eigenvalue weighted by Crippen LogP contribution is -2.56. The number of nitrogens with one attached hydrogen (secondary N) is 1. The lowest BCUT2D eigenvalue weighted by molar-refractivity contribution is -0.148. The first-order chi connectivity index (χ1) is 9.53. The molecule has 0 spiro atoms. The lowest BCUT2D eigenvalue weighted by Gasteiger charge is -2.33. The molecule has 0 saturated heterocycles. The van der Waals surface area contributed by atoms with Gasteiger partial charge in [0.2, 0.25) is 0 Å². The first-order valence-electron chi connectivity index (χ1n) is 7.19. The van der Waals surface area contributed by atoms with Gasteiger partial charge in [-0.1, -0.05) is 0 Å². The van der Waals surface area contributed by atoms with Crippen LogP contribution in [0.5, 0.6) is 0 Å². The van der Waals surface area contributed by atoms with Gasteiger partial charge in [-0.25, -0.2) is 0 Å². The summed E-state index contributed by atoms with van der Waals surface area (Å²) in [5, 5.41) is 3.04. The molecule has 0 fully saturated rings. The zero-order chi connectivity index (χ0) is 15.4. The Morgan fingerprint density at radius 1 is 1.15 bits per heavy atom. The summed E-state index contributed by atoms with van der Waals surface area (Å²) in [6.45, 7) is 10.5. The second-order valence-electron chi connectivity index (χ2n) is 4.74. The van der Waals surface area contributed by atoms with Gasteiger partial charge >= 0.3 is 5.97 Å². The Hall–Kier alpha value is -0.690. The molecule has 0 aliphatic carbocycles. The third-order valence-corrected chi connectivity index (χ3v) is 3.24. The first-order valence-corrected chi connectivity index (χ1v) is 7.19. The fourth-order valence-electron chi connectivity index (χ4n) is 1.86. The average Bonchev–Trinajstić information content (AvgIpc) is 2.46. The van der Waals surface area contributed by atoms with Crippen molar-refractivity contribution >= 4 is 5.97 Å². The molecule has 0 aliphatic rings. The molecule has 0 bridgehead atoms. The van der Waals surface area contributed by atoms with E-state index in [2.05, 4.69) is 10.2 Å². The monoisotopic (exact) mass is 290 g/mol. The summed E-state index contributed by atoms with van der Waals surface area (Å²) in [4.78, 5) is 14.0. The number of ether oxygens (including phenoxy) is 3. The van der Waals surface area contributed by atoms with E-state index in [4.69, 9.17) is 14.2 Å². The predicted molar refractivity (Wildman–Crippen MR) is 78.9 cm³/mol. The SMILES string of the molecule is CCOCCN(CCOCC)CC(C)(NC)C(=O)OC. The number of esters is 1. The van der Waals surface area contributed by atoms with Crippen molar-refractivity contribution in [2.24, 2.45) is 0 Å². The molecule has 0 aromatic carbocycles. The van der Waals surface area contributed by atoms with Gasteiger partial charge in [0.15, 0.2) is 0 Å². The Bertz CT molecular complexity index is 254. The molecular weight excluding hydrogens is 260 g/mol. The maximum Gasteiger partial charge on any atom is 0.327 e. The summed E-state index contributed by atoms with van der Waals surface area (Å²) in [6.07, 6.45) is 0. The lowest BCUT2D eigenvalue weighted by atomic mass is 10.0. The Balaban J connectivity index is 4.52. The Labute approximate surface area is 122 Å². The third-order valence-electron chi connectivity index (χ3n) is 3.24. The molecule has 0 rings (SSSR count). The molecule has 6 nitrogen and oxygen atoms in total. The van der Waals surface area contributed by atoms with Crippen LogP contribution in [-0.4, -0.2) is 76.6 Å². The smallest absolute Gasteiger partial charge is 0.327 e. The molecule has 6 heteroatoms. The Morgan fingerprint density at radius 3 is 2.00 bits per heavy atom. The third kappa shape index (κ3) is 7.19. The van der Waals surface area contributed by atoms with Crippen LogP contribution in [-0.2, 0) is 19.0 Å². The maximum atomic E-state index is 11.9. The second-order valence-corrected chi connectivity index (χ2v) is 4.74. The molecule has 0 aromatic heterocycles. The number of methoxy groups -OCH3 is 1. The molecule has 0 aliphatic heterocycles. The number of carbonyl (C=O) groups is 1. The zero-order valence-electron chi connectivity index (χ0n) is 13.5. The van der Waals surface area contributed by atoms with Crippen LogP contribution in [0.3, 0.4) is 0 Å². The maximum absolute atomic E-state index is 11.9. The van der Waals surface area contributed by atoms with Crippen molar-refractivity contribution in [2.45, 2.75) is 26.3 Å². The van der Waals surface area contributed by atoms with Crippen molar-refractivity contribution in [3.8, 4) is 0 Å². The van der Waals surface area contributed by atoms with E-state index in [9.17, 15) is 4.79 Å². The molecular formula is C14H30N2O4. The van der Waals surface area contributed by atoms with E-state index in [1.807, 2.05) is 20.8 Å². The van der Waals surface area contributed by atoms with Gasteiger partial charge in [-0.3, -0.25) is 9.69 Å². The van der Waals surface area contributed by atoms with Crippen LogP contribution in [0.1, 0.15) is 20.8 Å². The predicted octanol–water partition coefficient (Wildman–Crippen LogP) is 0.513. The summed E-state index contributed by atoms with van der Waals surface area (Å²) >= 11 is 0. The van der Waals surface area contributed by atoms with E-state index in [-0.39, 0.29) is 5.97 Å². The first kappa shape index (κ1) is 19.3. The number of rotatable bonds is 12. The van der Waals surface area contributed by atoms with Gasteiger partial charge in [-0.05, 0) is 27.8 Å². The van der Waals surface area contributed by atoms with Crippen molar-refractivity contribution in [2.75, 3.05) is 60.2 Å². The fourth-order valence-corrected chi connectivity index (χ4v) is 1.86. The largest absolute Gasteiger partial charge is 0.468 e. The molecule has 20 heavy (non-hydrogen) atoms. The standard InChI is InChI=1S/C14H30N2O4/c1-6-19-10-8-16(9-11-20-7-2)12-14(3,15-4)13(17)18-5/h15H,6-12H2,1-5H3. The van der Waals surface area contributed by atoms with Gasteiger partial charge in [0.25, 0.3) is 0 Å². The molecule has 0 radical (unpaired) electrons. The van der Waals surface area contributed by atoms with Crippen molar-refractivity contribution in [3.63, 3.8) is 0 Å². The van der Waals surface area contributed by atoms with Crippen LogP contribution in [0.2, 0.25) is 0 Å². The van der Waals surface area contributed by atoms with Crippen LogP contribution >= 0.6 is 0 Å².